The number of carbonyl (C=O) groups is 2. The molecule has 1 unspecified atom stereocenters. The number of hydrogen-bond acceptors (Lipinski definition) is 2. The smallest absolute Gasteiger partial charge is 0.270 e. The molecule has 1 fully saturated rings. The van der Waals surface area contributed by atoms with E-state index in [1.807, 2.05) is 48.5 Å². The number of fused-ring (bicyclic) bond motifs is 1. The highest BCUT2D eigenvalue weighted by molar-refractivity contribution is 5.92. The van der Waals surface area contributed by atoms with Crippen LogP contribution in [-0.4, -0.2) is 58.3 Å². The first-order chi connectivity index (χ1) is 13.1. The standard InChI is InChI=1S/C21H24N4O2/c1-24(21(27)19-7-4-9-22-19)13-15-8-10-25(14-15)20(26)11-16-12-23-18-6-3-2-5-17(16)18/h2-7,9,12,15,22-23H,8,10-11,13-14H2,1H3. The van der Waals surface area contributed by atoms with Crippen molar-refractivity contribution < 1.29 is 9.59 Å². The van der Waals surface area contributed by atoms with Crippen molar-refractivity contribution >= 4 is 22.7 Å². The maximum atomic E-state index is 12.7. The van der Waals surface area contributed by atoms with E-state index >= 15 is 0 Å². The zero-order valence-corrected chi connectivity index (χ0v) is 15.4. The summed E-state index contributed by atoms with van der Waals surface area (Å²) in [6.45, 7) is 2.13. The summed E-state index contributed by atoms with van der Waals surface area (Å²) in [7, 11) is 1.82. The lowest BCUT2D eigenvalue weighted by Gasteiger charge is -2.21. The minimum Gasteiger partial charge on any atom is -0.361 e. The first kappa shape index (κ1) is 17.4. The normalized spacial score (nSPS) is 16.8. The van der Waals surface area contributed by atoms with Crippen LogP contribution in [0.2, 0.25) is 0 Å². The van der Waals surface area contributed by atoms with E-state index in [4.69, 9.17) is 0 Å². The zero-order chi connectivity index (χ0) is 18.8. The monoisotopic (exact) mass is 364 g/mol. The molecule has 6 heteroatoms. The van der Waals surface area contributed by atoms with Crippen LogP contribution < -0.4 is 0 Å². The fraction of sp³-hybridized carbons (Fsp3) is 0.333. The van der Waals surface area contributed by atoms with Crippen molar-refractivity contribution in [3.05, 3.63) is 60.0 Å². The van der Waals surface area contributed by atoms with Gasteiger partial charge in [-0.05, 0) is 36.1 Å². The number of nitrogens with zero attached hydrogens (tertiary/aromatic N) is 2. The van der Waals surface area contributed by atoms with Gasteiger partial charge in [-0.2, -0.15) is 0 Å². The van der Waals surface area contributed by atoms with Crippen molar-refractivity contribution in [2.45, 2.75) is 12.8 Å². The lowest BCUT2D eigenvalue weighted by molar-refractivity contribution is -0.129. The van der Waals surface area contributed by atoms with Gasteiger partial charge < -0.3 is 19.8 Å². The Morgan fingerprint density at radius 1 is 1.19 bits per heavy atom. The van der Waals surface area contributed by atoms with E-state index in [-0.39, 0.29) is 11.8 Å². The molecule has 0 aliphatic carbocycles. The number of rotatable bonds is 5. The van der Waals surface area contributed by atoms with Gasteiger partial charge in [-0.15, -0.1) is 0 Å². The van der Waals surface area contributed by atoms with Gasteiger partial charge in [-0.25, -0.2) is 0 Å². The Kier molecular flexibility index (Phi) is 4.71. The maximum Gasteiger partial charge on any atom is 0.270 e. The van der Waals surface area contributed by atoms with Gasteiger partial charge in [0, 0.05) is 50.0 Å². The highest BCUT2D eigenvalue weighted by Crippen LogP contribution is 2.22. The quantitative estimate of drug-likeness (QED) is 0.731. The molecule has 3 aromatic rings. The summed E-state index contributed by atoms with van der Waals surface area (Å²) in [5, 5.41) is 1.11. The predicted octanol–water partition coefficient (Wildman–Crippen LogP) is 2.66. The molecule has 1 aliphatic rings. The van der Waals surface area contributed by atoms with E-state index in [1.54, 1.807) is 17.2 Å². The van der Waals surface area contributed by atoms with Gasteiger partial charge in [-0.1, -0.05) is 18.2 Å². The molecule has 2 amide bonds. The van der Waals surface area contributed by atoms with Gasteiger partial charge in [0.05, 0.1) is 6.42 Å². The highest BCUT2D eigenvalue weighted by Gasteiger charge is 2.28. The molecule has 1 aliphatic heterocycles. The van der Waals surface area contributed by atoms with Crippen LogP contribution in [0.3, 0.4) is 0 Å². The first-order valence-corrected chi connectivity index (χ1v) is 9.33. The Morgan fingerprint density at radius 2 is 2.04 bits per heavy atom. The highest BCUT2D eigenvalue weighted by atomic mass is 16.2. The SMILES string of the molecule is CN(CC1CCN(C(=O)Cc2c[nH]c3ccccc23)C1)C(=O)c1ccc[nH]1. The second-order valence-electron chi connectivity index (χ2n) is 7.30. The summed E-state index contributed by atoms with van der Waals surface area (Å²) in [4.78, 5) is 34.9. The number of aromatic amines is 2. The molecule has 1 saturated heterocycles. The molecule has 140 valence electrons. The molecule has 0 spiro atoms. The largest absolute Gasteiger partial charge is 0.361 e. The summed E-state index contributed by atoms with van der Waals surface area (Å²) in [6.07, 6.45) is 5.02. The molecule has 4 rings (SSSR count). The molecule has 0 saturated carbocycles. The van der Waals surface area contributed by atoms with Crippen LogP contribution in [0.4, 0.5) is 0 Å². The van der Waals surface area contributed by atoms with Crippen molar-refractivity contribution in [3.63, 3.8) is 0 Å². The van der Waals surface area contributed by atoms with Gasteiger partial charge in [0.15, 0.2) is 0 Å². The Balaban J connectivity index is 1.33. The summed E-state index contributed by atoms with van der Waals surface area (Å²) < 4.78 is 0. The molecule has 3 heterocycles. The van der Waals surface area contributed by atoms with Gasteiger partial charge in [0.1, 0.15) is 5.69 Å². The van der Waals surface area contributed by atoms with Crippen LogP contribution in [0.5, 0.6) is 0 Å². The van der Waals surface area contributed by atoms with Crippen LogP contribution in [-0.2, 0) is 11.2 Å². The molecular formula is C21H24N4O2. The van der Waals surface area contributed by atoms with E-state index in [9.17, 15) is 9.59 Å². The van der Waals surface area contributed by atoms with E-state index in [0.717, 1.165) is 29.4 Å². The molecule has 2 aromatic heterocycles. The molecular weight excluding hydrogens is 340 g/mol. The van der Waals surface area contributed by atoms with Crippen LogP contribution >= 0.6 is 0 Å². The molecule has 2 N–H and O–H groups in total. The number of H-pyrrole nitrogens is 2. The Hall–Kier alpha value is -3.02. The van der Waals surface area contributed by atoms with Gasteiger partial charge in [-0.3, -0.25) is 9.59 Å². The minimum absolute atomic E-state index is 0.0106. The average molecular weight is 364 g/mol. The van der Waals surface area contributed by atoms with Crippen molar-refractivity contribution in [2.75, 3.05) is 26.7 Å². The van der Waals surface area contributed by atoms with Crippen molar-refractivity contribution in [1.82, 2.24) is 19.8 Å². The van der Waals surface area contributed by atoms with Gasteiger partial charge >= 0.3 is 0 Å². The summed E-state index contributed by atoms with van der Waals surface area (Å²) in [6, 6.07) is 11.6. The number of benzene rings is 1. The second-order valence-corrected chi connectivity index (χ2v) is 7.30. The minimum atomic E-state index is -0.0106. The Bertz CT molecular complexity index is 944. The summed E-state index contributed by atoms with van der Waals surface area (Å²) in [5.74, 6) is 0.463. The van der Waals surface area contributed by atoms with E-state index < -0.39 is 0 Å². The number of amides is 2. The van der Waals surface area contributed by atoms with Gasteiger partial charge in [0.2, 0.25) is 5.91 Å². The fourth-order valence-corrected chi connectivity index (χ4v) is 3.90. The van der Waals surface area contributed by atoms with Crippen LogP contribution in [0.1, 0.15) is 22.5 Å². The summed E-state index contributed by atoms with van der Waals surface area (Å²) in [5.41, 5.74) is 2.70. The molecule has 0 bridgehead atoms. The number of para-hydroxylation sites is 1. The third-order valence-corrected chi connectivity index (χ3v) is 5.36. The predicted molar refractivity (Wildman–Crippen MR) is 104 cm³/mol. The molecule has 0 radical (unpaired) electrons. The summed E-state index contributed by atoms with van der Waals surface area (Å²) >= 11 is 0. The molecule has 1 atom stereocenters. The number of carbonyl (C=O) groups excluding carboxylic acids is 2. The lowest BCUT2D eigenvalue weighted by Crippen LogP contribution is -2.35. The molecule has 1 aromatic carbocycles. The fourth-order valence-electron chi connectivity index (χ4n) is 3.90. The van der Waals surface area contributed by atoms with E-state index in [0.29, 0.717) is 31.1 Å². The Morgan fingerprint density at radius 3 is 2.85 bits per heavy atom. The first-order valence-electron chi connectivity index (χ1n) is 9.33. The number of hydrogen-bond donors (Lipinski definition) is 2. The van der Waals surface area contributed by atoms with E-state index in [1.165, 1.54) is 0 Å². The van der Waals surface area contributed by atoms with Gasteiger partial charge in [0.25, 0.3) is 5.91 Å². The third-order valence-electron chi connectivity index (χ3n) is 5.36. The topological polar surface area (TPSA) is 72.2 Å². The van der Waals surface area contributed by atoms with Crippen LogP contribution in [0.15, 0.2) is 48.8 Å². The van der Waals surface area contributed by atoms with Crippen LogP contribution in [0.25, 0.3) is 10.9 Å². The van der Waals surface area contributed by atoms with Crippen molar-refractivity contribution in [3.8, 4) is 0 Å². The number of nitrogens with one attached hydrogen (secondary N) is 2. The average Bonchev–Trinajstić information content (AvgIpc) is 3.42. The number of aromatic nitrogens is 2. The Labute approximate surface area is 158 Å². The maximum absolute atomic E-state index is 12.7. The van der Waals surface area contributed by atoms with Crippen molar-refractivity contribution in [1.29, 1.82) is 0 Å². The molecule has 27 heavy (non-hydrogen) atoms. The van der Waals surface area contributed by atoms with Crippen molar-refractivity contribution in [2.24, 2.45) is 5.92 Å². The second kappa shape index (κ2) is 7.31. The van der Waals surface area contributed by atoms with E-state index in [2.05, 4.69) is 9.97 Å². The lowest BCUT2D eigenvalue weighted by atomic mass is 10.1. The zero-order valence-electron chi connectivity index (χ0n) is 15.4. The van der Waals surface area contributed by atoms with Crippen LogP contribution in [0, 0.1) is 5.92 Å². The third kappa shape index (κ3) is 3.60. The number of likely N-dealkylation sites (tertiary alicyclic amines) is 1. The molecule has 6 nitrogen and oxygen atoms in total.